The first-order valence-corrected chi connectivity index (χ1v) is 8.92. The molecular formula is C19H33Cl2N3O. The molecule has 2 rings (SSSR count). The van der Waals surface area contributed by atoms with E-state index in [9.17, 15) is 4.79 Å². The number of hydrogen-bond donors (Lipinski definition) is 2. The minimum absolute atomic E-state index is 0. The highest BCUT2D eigenvalue weighted by molar-refractivity contribution is 5.85. The van der Waals surface area contributed by atoms with Crippen LogP contribution in [0.5, 0.6) is 0 Å². The van der Waals surface area contributed by atoms with E-state index in [0.717, 1.165) is 38.8 Å². The van der Waals surface area contributed by atoms with Crippen molar-refractivity contribution in [3.05, 3.63) is 35.9 Å². The van der Waals surface area contributed by atoms with Gasteiger partial charge < -0.3 is 11.1 Å². The Hall–Kier alpha value is -0.810. The summed E-state index contributed by atoms with van der Waals surface area (Å²) in [4.78, 5) is 15.0. The lowest BCUT2D eigenvalue weighted by molar-refractivity contribution is -0.128. The predicted octanol–water partition coefficient (Wildman–Crippen LogP) is 3.52. The molecule has 0 saturated carbocycles. The molecule has 1 fully saturated rings. The van der Waals surface area contributed by atoms with Crippen LogP contribution in [-0.4, -0.2) is 35.5 Å². The van der Waals surface area contributed by atoms with Gasteiger partial charge in [-0.15, -0.1) is 24.8 Å². The minimum Gasteiger partial charge on any atom is -0.353 e. The van der Waals surface area contributed by atoms with E-state index < -0.39 is 0 Å². The normalized spacial score (nSPS) is 18.0. The van der Waals surface area contributed by atoms with E-state index >= 15 is 0 Å². The van der Waals surface area contributed by atoms with Crippen LogP contribution >= 0.6 is 24.8 Å². The number of benzene rings is 1. The molecule has 6 heteroatoms. The number of piperidine rings is 1. The predicted molar refractivity (Wildman–Crippen MR) is 109 cm³/mol. The van der Waals surface area contributed by atoms with Gasteiger partial charge in [0, 0.05) is 18.6 Å². The topological polar surface area (TPSA) is 58.4 Å². The Morgan fingerprint density at radius 1 is 1.20 bits per heavy atom. The molecule has 0 aliphatic carbocycles. The Morgan fingerprint density at radius 2 is 1.84 bits per heavy atom. The van der Waals surface area contributed by atoms with Crippen LogP contribution in [0.3, 0.4) is 0 Å². The third-order valence-electron chi connectivity index (χ3n) is 5.17. The van der Waals surface area contributed by atoms with Gasteiger partial charge >= 0.3 is 0 Å². The van der Waals surface area contributed by atoms with Gasteiger partial charge in [-0.1, -0.05) is 50.6 Å². The number of nitrogens with two attached hydrogens (primary N) is 1. The Labute approximate surface area is 164 Å². The Morgan fingerprint density at radius 3 is 2.44 bits per heavy atom. The summed E-state index contributed by atoms with van der Waals surface area (Å²) < 4.78 is 0. The van der Waals surface area contributed by atoms with Crippen LogP contribution in [0.15, 0.2) is 30.3 Å². The molecule has 1 amide bonds. The summed E-state index contributed by atoms with van der Waals surface area (Å²) in [5.41, 5.74) is 7.29. The van der Waals surface area contributed by atoms with Crippen molar-refractivity contribution in [2.45, 2.75) is 64.1 Å². The van der Waals surface area contributed by atoms with Crippen molar-refractivity contribution in [2.75, 3.05) is 13.1 Å². The summed E-state index contributed by atoms with van der Waals surface area (Å²) in [6, 6.07) is 10.4. The molecule has 1 aromatic rings. The van der Waals surface area contributed by atoms with Gasteiger partial charge in [0.05, 0.1) is 6.04 Å². The Balaban J connectivity index is 0.00000288. The van der Waals surface area contributed by atoms with E-state index in [2.05, 4.69) is 48.3 Å². The maximum Gasteiger partial charge on any atom is 0.237 e. The van der Waals surface area contributed by atoms with Crippen molar-refractivity contribution < 1.29 is 4.79 Å². The number of nitrogens with zero attached hydrogens (tertiary/aromatic N) is 1. The van der Waals surface area contributed by atoms with Gasteiger partial charge in [-0.2, -0.15) is 0 Å². The second-order valence-electron chi connectivity index (χ2n) is 6.75. The number of carbonyl (C=O) groups is 1. The second kappa shape index (κ2) is 11.7. The number of nitrogens with one attached hydrogen (secondary N) is 1. The third kappa shape index (κ3) is 7.14. The van der Waals surface area contributed by atoms with Crippen LogP contribution in [0.25, 0.3) is 0 Å². The highest BCUT2D eigenvalue weighted by atomic mass is 35.5. The summed E-state index contributed by atoms with van der Waals surface area (Å²) in [6.45, 7) is 6.56. The van der Waals surface area contributed by atoms with Gasteiger partial charge in [0.1, 0.15) is 0 Å². The van der Waals surface area contributed by atoms with Gasteiger partial charge in [0.2, 0.25) is 5.91 Å². The maximum atomic E-state index is 12.7. The smallest absolute Gasteiger partial charge is 0.237 e. The van der Waals surface area contributed by atoms with Gasteiger partial charge in [0.15, 0.2) is 0 Å². The molecule has 1 aromatic carbocycles. The molecule has 0 bridgehead atoms. The van der Waals surface area contributed by atoms with E-state index in [1.165, 1.54) is 12.0 Å². The summed E-state index contributed by atoms with van der Waals surface area (Å²) in [5.74, 6) is 0.136. The molecule has 25 heavy (non-hydrogen) atoms. The van der Waals surface area contributed by atoms with Crippen molar-refractivity contribution in [1.82, 2.24) is 10.2 Å². The summed E-state index contributed by atoms with van der Waals surface area (Å²) in [7, 11) is 0. The minimum atomic E-state index is -0.283. The number of halogens is 2. The van der Waals surface area contributed by atoms with Gasteiger partial charge in [-0.3, -0.25) is 9.69 Å². The molecule has 1 saturated heterocycles. The Kier molecular flexibility index (Phi) is 11.4. The van der Waals surface area contributed by atoms with E-state index in [-0.39, 0.29) is 42.3 Å². The average molecular weight is 390 g/mol. The summed E-state index contributed by atoms with van der Waals surface area (Å²) >= 11 is 0. The number of likely N-dealkylation sites (tertiary alicyclic amines) is 1. The van der Waals surface area contributed by atoms with Crippen LogP contribution in [0.2, 0.25) is 0 Å². The van der Waals surface area contributed by atoms with Crippen molar-refractivity contribution in [2.24, 2.45) is 5.73 Å². The molecule has 144 valence electrons. The molecule has 0 radical (unpaired) electrons. The maximum absolute atomic E-state index is 12.7. The first-order valence-electron chi connectivity index (χ1n) is 8.92. The highest BCUT2D eigenvalue weighted by Gasteiger charge is 2.30. The lowest BCUT2D eigenvalue weighted by Gasteiger charge is -2.36. The molecule has 3 N–H and O–H groups in total. The number of hydrogen-bond acceptors (Lipinski definition) is 3. The van der Waals surface area contributed by atoms with Crippen molar-refractivity contribution in [1.29, 1.82) is 0 Å². The molecule has 0 spiro atoms. The van der Waals surface area contributed by atoms with Gasteiger partial charge in [0.25, 0.3) is 0 Å². The van der Waals surface area contributed by atoms with Crippen LogP contribution in [0.4, 0.5) is 0 Å². The van der Waals surface area contributed by atoms with Crippen molar-refractivity contribution >= 4 is 30.7 Å². The lowest BCUT2D eigenvalue weighted by Crippen LogP contribution is -2.54. The molecule has 1 aliphatic rings. The van der Waals surface area contributed by atoms with E-state index in [1.807, 2.05) is 6.07 Å². The zero-order valence-corrected chi connectivity index (χ0v) is 17.0. The quantitative estimate of drug-likeness (QED) is 0.749. The molecular weight excluding hydrogens is 357 g/mol. The molecule has 4 nitrogen and oxygen atoms in total. The number of rotatable bonds is 7. The standard InChI is InChI=1S/C19H31N3O.2ClH/c1-3-19(20,4-2)15-21-18(23)17-12-8-9-13-22(17)14-16-10-6-5-7-11-16;;/h5-7,10-11,17H,3-4,8-9,12-15,20H2,1-2H3,(H,21,23);2*1H. The fourth-order valence-electron chi connectivity index (χ4n) is 3.18. The zero-order valence-electron chi connectivity index (χ0n) is 15.4. The molecule has 1 heterocycles. The largest absolute Gasteiger partial charge is 0.353 e. The van der Waals surface area contributed by atoms with Crippen LogP contribution in [0, 0.1) is 0 Å². The van der Waals surface area contributed by atoms with Gasteiger partial charge in [-0.25, -0.2) is 0 Å². The molecule has 0 aromatic heterocycles. The van der Waals surface area contributed by atoms with E-state index in [1.54, 1.807) is 0 Å². The van der Waals surface area contributed by atoms with Crippen molar-refractivity contribution in [3.63, 3.8) is 0 Å². The van der Waals surface area contributed by atoms with Gasteiger partial charge in [-0.05, 0) is 37.8 Å². The first-order chi connectivity index (χ1) is 11.1. The van der Waals surface area contributed by atoms with Crippen LogP contribution in [-0.2, 0) is 11.3 Å². The summed E-state index contributed by atoms with van der Waals surface area (Å²) in [5, 5.41) is 3.10. The van der Waals surface area contributed by atoms with Crippen molar-refractivity contribution in [3.8, 4) is 0 Å². The zero-order chi connectivity index (χ0) is 16.7. The lowest BCUT2D eigenvalue weighted by atomic mass is 9.93. The molecule has 1 atom stereocenters. The third-order valence-corrected chi connectivity index (χ3v) is 5.17. The Bertz CT molecular complexity index is 495. The first kappa shape index (κ1) is 24.2. The van der Waals surface area contributed by atoms with Crippen LogP contribution < -0.4 is 11.1 Å². The summed E-state index contributed by atoms with van der Waals surface area (Å²) in [6.07, 6.45) is 4.99. The highest BCUT2D eigenvalue weighted by Crippen LogP contribution is 2.20. The fraction of sp³-hybridized carbons (Fsp3) is 0.632. The second-order valence-corrected chi connectivity index (χ2v) is 6.75. The van der Waals surface area contributed by atoms with Crippen LogP contribution in [0.1, 0.15) is 51.5 Å². The number of amides is 1. The number of carbonyl (C=O) groups excluding carboxylic acids is 1. The molecule has 1 unspecified atom stereocenters. The van der Waals surface area contributed by atoms with E-state index in [4.69, 9.17) is 5.73 Å². The average Bonchev–Trinajstić information content (AvgIpc) is 2.61. The molecule has 1 aliphatic heterocycles. The van der Waals surface area contributed by atoms with E-state index in [0.29, 0.717) is 6.54 Å². The monoisotopic (exact) mass is 389 g/mol. The SMILES string of the molecule is CCC(N)(CC)CNC(=O)C1CCCCN1Cc1ccccc1.Cl.Cl. The fourth-order valence-corrected chi connectivity index (χ4v) is 3.18.